The predicted octanol–water partition coefficient (Wildman–Crippen LogP) is 3.66. The van der Waals surface area contributed by atoms with E-state index in [0.29, 0.717) is 28.3 Å². The van der Waals surface area contributed by atoms with Crippen molar-refractivity contribution in [3.05, 3.63) is 51.3 Å². The summed E-state index contributed by atoms with van der Waals surface area (Å²) in [5.74, 6) is 1.02. The van der Waals surface area contributed by atoms with E-state index in [9.17, 15) is 0 Å². The molecule has 1 aromatic carbocycles. The summed E-state index contributed by atoms with van der Waals surface area (Å²) in [6.07, 6.45) is 0. The largest absolute Gasteiger partial charge is 0.349 e. The van der Waals surface area contributed by atoms with Crippen LogP contribution in [0.3, 0.4) is 0 Å². The predicted molar refractivity (Wildman–Crippen MR) is 84.0 cm³/mol. The van der Waals surface area contributed by atoms with Crippen molar-refractivity contribution in [1.29, 1.82) is 0 Å². The van der Waals surface area contributed by atoms with E-state index >= 15 is 0 Å². The number of anilines is 1. The van der Waals surface area contributed by atoms with Crippen LogP contribution < -0.4 is 5.32 Å². The number of hydrogen-bond donors (Lipinski definition) is 1. The second kappa shape index (κ2) is 5.50. The zero-order valence-electron chi connectivity index (χ0n) is 11.6. The number of aryl methyl sites for hydroxylation is 2. The lowest BCUT2D eigenvalue weighted by atomic mass is 10.2. The molecular formula is C14H13Cl2N5. The van der Waals surface area contributed by atoms with Gasteiger partial charge in [0.1, 0.15) is 0 Å². The normalized spacial score (nSPS) is 11.0. The number of halogens is 2. The molecule has 2 heterocycles. The van der Waals surface area contributed by atoms with Crippen molar-refractivity contribution in [2.75, 3.05) is 5.32 Å². The Bertz CT molecular complexity index is 812. The number of nitrogens with one attached hydrogen (secondary N) is 1. The maximum absolute atomic E-state index is 6.17. The number of aromatic nitrogens is 4. The van der Waals surface area contributed by atoms with Crippen LogP contribution in [-0.4, -0.2) is 19.6 Å². The molecule has 0 aliphatic rings. The molecule has 0 radical (unpaired) electrons. The quantitative estimate of drug-likeness (QED) is 0.799. The molecule has 0 amide bonds. The molecule has 0 spiro atoms. The molecule has 2 aromatic heterocycles. The van der Waals surface area contributed by atoms with Crippen molar-refractivity contribution in [3.8, 4) is 0 Å². The van der Waals surface area contributed by atoms with Crippen molar-refractivity contribution < 1.29 is 0 Å². The Morgan fingerprint density at radius 2 is 1.90 bits per heavy atom. The molecular weight excluding hydrogens is 309 g/mol. The van der Waals surface area contributed by atoms with Crippen molar-refractivity contribution in [2.45, 2.75) is 20.4 Å². The fourth-order valence-corrected chi connectivity index (χ4v) is 2.37. The van der Waals surface area contributed by atoms with Gasteiger partial charge in [0.15, 0.2) is 0 Å². The van der Waals surface area contributed by atoms with Crippen LogP contribution in [0.4, 0.5) is 5.95 Å². The third-order valence-electron chi connectivity index (χ3n) is 3.21. The van der Waals surface area contributed by atoms with E-state index in [4.69, 9.17) is 23.2 Å². The standard InChI is InChI=1S/C14H13Cl2N5/c1-8-12(16)9(2)21-14(18-8)19-13(20-21)17-7-10-5-3-4-6-11(10)15/h3-6H,7H2,1-2H3,(H,17,20). The van der Waals surface area contributed by atoms with Crippen LogP contribution >= 0.6 is 23.2 Å². The van der Waals surface area contributed by atoms with Gasteiger partial charge in [-0.25, -0.2) is 4.98 Å². The van der Waals surface area contributed by atoms with Gasteiger partial charge < -0.3 is 5.32 Å². The van der Waals surface area contributed by atoms with E-state index in [-0.39, 0.29) is 0 Å². The fraction of sp³-hybridized carbons (Fsp3) is 0.214. The topological polar surface area (TPSA) is 55.1 Å². The van der Waals surface area contributed by atoms with Gasteiger partial charge in [-0.2, -0.15) is 9.50 Å². The van der Waals surface area contributed by atoms with Gasteiger partial charge in [0.05, 0.1) is 16.4 Å². The summed E-state index contributed by atoms with van der Waals surface area (Å²) >= 11 is 12.3. The molecule has 3 rings (SSSR count). The van der Waals surface area contributed by atoms with Gasteiger partial charge in [-0.15, -0.1) is 5.10 Å². The molecule has 3 aromatic rings. The molecule has 0 saturated heterocycles. The van der Waals surface area contributed by atoms with Crippen molar-refractivity contribution in [1.82, 2.24) is 19.6 Å². The number of hydrogen-bond acceptors (Lipinski definition) is 4. The first-order chi connectivity index (χ1) is 10.1. The van der Waals surface area contributed by atoms with E-state index < -0.39 is 0 Å². The monoisotopic (exact) mass is 321 g/mol. The van der Waals surface area contributed by atoms with Crippen LogP contribution in [-0.2, 0) is 6.54 Å². The van der Waals surface area contributed by atoms with Crippen LogP contribution in [0.25, 0.3) is 5.78 Å². The van der Waals surface area contributed by atoms with Crippen LogP contribution in [0.15, 0.2) is 24.3 Å². The molecule has 0 bridgehead atoms. The van der Waals surface area contributed by atoms with Crippen LogP contribution in [0.1, 0.15) is 17.0 Å². The van der Waals surface area contributed by atoms with Crippen molar-refractivity contribution >= 4 is 34.9 Å². The highest BCUT2D eigenvalue weighted by Gasteiger charge is 2.12. The lowest BCUT2D eigenvalue weighted by Gasteiger charge is -2.03. The minimum atomic E-state index is 0.493. The molecule has 5 nitrogen and oxygen atoms in total. The van der Waals surface area contributed by atoms with E-state index in [0.717, 1.165) is 17.0 Å². The molecule has 108 valence electrons. The molecule has 7 heteroatoms. The zero-order chi connectivity index (χ0) is 15.0. The average Bonchev–Trinajstić information content (AvgIpc) is 2.87. The summed E-state index contributed by atoms with van der Waals surface area (Å²) in [5, 5.41) is 8.82. The van der Waals surface area contributed by atoms with Crippen molar-refractivity contribution in [2.24, 2.45) is 0 Å². The Hall–Kier alpha value is -1.85. The van der Waals surface area contributed by atoms with E-state index in [1.54, 1.807) is 4.52 Å². The summed E-state index contributed by atoms with van der Waals surface area (Å²) in [6, 6.07) is 7.64. The Labute approximate surface area is 131 Å². The third kappa shape index (κ3) is 2.66. The summed E-state index contributed by atoms with van der Waals surface area (Å²) in [5.41, 5.74) is 2.54. The minimum absolute atomic E-state index is 0.493. The summed E-state index contributed by atoms with van der Waals surface area (Å²) < 4.78 is 1.63. The number of rotatable bonds is 3. The molecule has 0 saturated carbocycles. The highest BCUT2D eigenvalue weighted by molar-refractivity contribution is 6.32. The molecule has 0 unspecified atom stereocenters. The third-order valence-corrected chi connectivity index (χ3v) is 4.12. The average molecular weight is 322 g/mol. The summed E-state index contributed by atoms with van der Waals surface area (Å²) in [7, 11) is 0. The molecule has 21 heavy (non-hydrogen) atoms. The zero-order valence-corrected chi connectivity index (χ0v) is 13.1. The van der Waals surface area contributed by atoms with Crippen LogP contribution in [0.5, 0.6) is 0 Å². The summed E-state index contributed by atoms with van der Waals surface area (Å²) in [6.45, 7) is 4.28. The number of benzene rings is 1. The van der Waals surface area contributed by atoms with Gasteiger partial charge in [0.25, 0.3) is 5.78 Å². The molecule has 1 N–H and O–H groups in total. The van der Waals surface area contributed by atoms with Gasteiger partial charge in [0, 0.05) is 11.6 Å². The highest BCUT2D eigenvalue weighted by Crippen LogP contribution is 2.20. The van der Waals surface area contributed by atoms with E-state index in [1.165, 1.54) is 0 Å². The molecule has 0 aliphatic heterocycles. The molecule has 0 atom stereocenters. The van der Waals surface area contributed by atoms with E-state index in [1.807, 2.05) is 38.1 Å². The second-order valence-corrected chi connectivity index (χ2v) is 5.47. The Morgan fingerprint density at radius 3 is 2.67 bits per heavy atom. The van der Waals surface area contributed by atoms with Gasteiger partial charge in [-0.05, 0) is 25.5 Å². The Balaban J connectivity index is 1.89. The molecule has 0 fully saturated rings. The maximum atomic E-state index is 6.17. The Kier molecular flexibility index (Phi) is 3.69. The van der Waals surface area contributed by atoms with E-state index in [2.05, 4.69) is 20.4 Å². The Morgan fingerprint density at radius 1 is 1.14 bits per heavy atom. The summed E-state index contributed by atoms with van der Waals surface area (Å²) in [4.78, 5) is 8.67. The number of nitrogens with zero attached hydrogens (tertiary/aromatic N) is 4. The fourth-order valence-electron chi connectivity index (χ4n) is 2.05. The van der Waals surface area contributed by atoms with Gasteiger partial charge >= 0.3 is 0 Å². The van der Waals surface area contributed by atoms with Crippen LogP contribution in [0, 0.1) is 13.8 Å². The van der Waals surface area contributed by atoms with Gasteiger partial charge in [-0.3, -0.25) is 0 Å². The first-order valence-electron chi connectivity index (χ1n) is 6.43. The number of fused-ring (bicyclic) bond motifs is 1. The minimum Gasteiger partial charge on any atom is -0.349 e. The van der Waals surface area contributed by atoms with Crippen LogP contribution in [0.2, 0.25) is 10.0 Å². The second-order valence-electron chi connectivity index (χ2n) is 4.69. The molecule has 0 aliphatic carbocycles. The SMILES string of the molecule is Cc1nc2nc(NCc3ccccc3Cl)nn2c(C)c1Cl. The maximum Gasteiger partial charge on any atom is 0.254 e. The van der Waals surface area contributed by atoms with Gasteiger partial charge in [0.2, 0.25) is 5.95 Å². The highest BCUT2D eigenvalue weighted by atomic mass is 35.5. The first-order valence-corrected chi connectivity index (χ1v) is 7.18. The first kappa shape index (κ1) is 14.1. The lowest BCUT2D eigenvalue weighted by molar-refractivity contribution is 0.883. The smallest absolute Gasteiger partial charge is 0.254 e. The van der Waals surface area contributed by atoms with Gasteiger partial charge in [-0.1, -0.05) is 41.4 Å². The van der Waals surface area contributed by atoms with Crippen molar-refractivity contribution in [3.63, 3.8) is 0 Å². The lowest BCUT2D eigenvalue weighted by Crippen LogP contribution is -2.02.